The second-order valence-corrected chi connectivity index (χ2v) is 12.0. The van der Waals surface area contributed by atoms with Crippen LogP contribution in [-0.2, 0) is 39.2 Å². The van der Waals surface area contributed by atoms with Crippen LogP contribution in [0, 0.1) is 0 Å². The number of sulfonamides is 1. The Morgan fingerprint density at radius 2 is 1.39 bits per heavy atom. The Morgan fingerprint density at radius 3 is 2.00 bits per heavy atom. The molecular formula is C31H31ClN4O4S. The largest absolute Gasteiger partial charge is 0.350 e. The minimum absolute atomic E-state index is 0.0183. The van der Waals surface area contributed by atoms with Crippen molar-refractivity contribution in [3.8, 4) is 0 Å². The van der Waals surface area contributed by atoms with E-state index in [9.17, 15) is 18.0 Å². The molecule has 0 aliphatic rings. The van der Waals surface area contributed by atoms with E-state index in [0.29, 0.717) is 10.6 Å². The zero-order chi connectivity index (χ0) is 29.2. The van der Waals surface area contributed by atoms with Gasteiger partial charge in [0.1, 0.15) is 6.04 Å². The molecule has 4 rings (SSSR count). The van der Waals surface area contributed by atoms with Crippen LogP contribution >= 0.6 is 11.6 Å². The summed E-state index contributed by atoms with van der Waals surface area (Å²) in [7, 11) is -3.77. The lowest BCUT2D eigenvalue weighted by Crippen LogP contribution is -2.47. The van der Waals surface area contributed by atoms with Crippen molar-refractivity contribution in [2.75, 3.05) is 12.8 Å². The second-order valence-electron chi connectivity index (χ2n) is 9.55. The normalized spacial score (nSPS) is 12.1. The van der Waals surface area contributed by atoms with E-state index in [4.69, 9.17) is 11.6 Å². The molecule has 1 unspecified atom stereocenters. The highest BCUT2D eigenvalue weighted by molar-refractivity contribution is 7.88. The van der Waals surface area contributed by atoms with Gasteiger partial charge in [0.05, 0.1) is 12.8 Å². The Kier molecular flexibility index (Phi) is 10.2. The Balaban J connectivity index is 1.69. The predicted molar refractivity (Wildman–Crippen MR) is 159 cm³/mol. The number of hydrogen-bond acceptors (Lipinski definition) is 5. The summed E-state index contributed by atoms with van der Waals surface area (Å²) in [6, 6.07) is 27.5. The highest BCUT2D eigenvalue weighted by atomic mass is 35.5. The number of pyridine rings is 1. The fraction of sp³-hybridized carbons (Fsp3) is 0.194. The van der Waals surface area contributed by atoms with Crippen LogP contribution in [0.3, 0.4) is 0 Å². The molecule has 1 atom stereocenters. The molecule has 0 bridgehead atoms. The summed E-state index contributed by atoms with van der Waals surface area (Å²) in [5.41, 5.74) is 2.92. The summed E-state index contributed by atoms with van der Waals surface area (Å²) in [6.07, 6.45) is 4.35. The minimum Gasteiger partial charge on any atom is -0.350 e. The molecule has 41 heavy (non-hydrogen) atoms. The Hall–Kier alpha value is -4.05. The molecule has 0 aliphatic carbocycles. The molecule has 10 heteroatoms. The van der Waals surface area contributed by atoms with Crippen molar-refractivity contribution in [3.63, 3.8) is 0 Å². The molecule has 0 spiro atoms. The van der Waals surface area contributed by atoms with Crippen molar-refractivity contribution in [2.45, 2.75) is 25.7 Å². The summed E-state index contributed by atoms with van der Waals surface area (Å²) in [4.78, 5) is 33.3. The smallest absolute Gasteiger partial charge is 0.247 e. The van der Waals surface area contributed by atoms with E-state index in [1.165, 1.54) is 4.90 Å². The number of benzene rings is 3. The van der Waals surface area contributed by atoms with Gasteiger partial charge in [-0.05, 0) is 46.5 Å². The van der Waals surface area contributed by atoms with Gasteiger partial charge in [-0.3, -0.25) is 14.6 Å². The van der Waals surface area contributed by atoms with Crippen molar-refractivity contribution in [1.82, 2.24) is 19.5 Å². The molecule has 4 aromatic rings. The Labute approximate surface area is 245 Å². The molecule has 1 aromatic heterocycles. The van der Waals surface area contributed by atoms with E-state index >= 15 is 0 Å². The van der Waals surface area contributed by atoms with Crippen LogP contribution in [0.5, 0.6) is 0 Å². The number of nitrogens with one attached hydrogen (secondary N) is 1. The number of hydrogen-bond donors (Lipinski definition) is 1. The van der Waals surface area contributed by atoms with Gasteiger partial charge >= 0.3 is 0 Å². The highest BCUT2D eigenvalue weighted by Crippen LogP contribution is 2.25. The lowest BCUT2D eigenvalue weighted by molar-refractivity contribution is -0.141. The van der Waals surface area contributed by atoms with E-state index in [1.807, 2.05) is 24.3 Å². The number of carbonyl (C=O) groups excluding carboxylic acids is 2. The Bertz CT molecular complexity index is 1540. The second kappa shape index (κ2) is 14.0. The summed E-state index contributed by atoms with van der Waals surface area (Å²) >= 11 is 6.09. The van der Waals surface area contributed by atoms with Gasteiger partial charge in [-0.15, -0.1) is 0 Å². The Morgan fingerprint density at radius 1 is 0.805 bits per heavy atom. The summed E-state index contributed by atoms with van der Waals surface area (Å²) in [6.45, 7) is -0.134. The zero-order valence-corrected chi connectivity index (χ0v) is 24.1. The van der Waals surface area contributed by atoms with Gasteiger partial charge < -0.3 is 10.2 Å². The van der Waals surface area contributed by atoms with Gasteiger partial charge in [0.2, 0.25) is 21.8 Å². The van der Waals surface area contributed by atoms with Crippen molar-refractivity contribution < 1.29 is 18.0 Å². The molecule has 0 saturated carbocycles. The lowest BCUT2D eigenvalue weighted by atomic mass is 10.0. The maximum Gasteiger partial charge on any atom is 0.247 e. The van der Waals surface area contributed by atoms with Crippen molar-refractivity contribution in [3.05, 3.63) is 137 Å². The topological polar surface area (TPSA) is 99.7 Å². The van der Waals surface area contributed by atoms with Crippen LogP contribution in [0.1, 0.15) is 28.3 Å². The first-order valence-electron chi connectivity index (χ1n) is 13.0. The molecule has 1 heterocycles. The van der Waals surface area contributed by atoms with E-state index in [0.717, 1.165) is 27.3 Å². The van der Waals surface area contributed by atoms with Crippen molar-refractivity contribution in [2.24, 2.45) is 0 Å². The molecular weight excluding hydrogens is 560 g/mol. The fourth-order valence-corrected chi connectivity index (χ4v) is 5.18. The van der Waals surface area contributed by atoms with Gasteiger partial charge in [0, 0.05) is 37.1 Å². The van der Waals surface area contributed by atoms with Crippen LogP contribution in [0.4, 0.5) is 0 Å². The van der Waals surface area contributed by atoms with Crippen LogP contribution in [0.2, 0.25) is 5.02 Å². The number of amides is 2. The standard InChI is InChI=1S/C31H31ClN4O4S/c1-41(39,40)35(21-25-8-4-2-5-9-25)23-29(37)36(22-26-12-14-28(32)15-13-26)30(27-10-6-3-7-11-27)31(38)34-20-24-16-18-33-19-17-24/h2-19,30H,20-23H2,1H3,(H,34,38). The van der Waals surface area contributed by atoms with Crippen LogP contribution in [-0.4, -0.2) is 47.2 Å². The third kappa shape index (κ3) is 8.72. The van der Waals surface area contributed by atoms with Gasteiger partial charge in [-0.2, -0.15) is 4.31 Å². The third-order valence-electron chi connectivity index (χ3n) is 6.46. The molecule has 2 amide bonds. The summed E-state index contributed by atoms with van der Waals surface area (Å²) in [5, 5.41) is 3.47. The van der Waals surface area contributed by atoms with Crippen molar-refractivity contribution in [1.29, 1.82) is 0 Å². The number of nitrogens with zero attached hydrogens (tertiary/aromatic N) is 3. The molecule has 1 N–H and O–H groups in total. The van der Waals surface area contributed by atoms with E-state index in [1.54, 1.807) is 85.2 Å². The SMILES string of the molecule is CS(=O)(=O)N(CC(=O)N(Cc1ccc(Cl)cc1)C(C(=O)NCc1ccncc1)c1ccccc1)Cc1ccccc1. The minimum atomic E-state index is -3.77. The molecule has 0 radical (unpaired) electrons. The predicted octanol–water partition coefficient (Wildman–Crippen LogP) is 4.58. The van der Waals surface area contributed by atoms with Crippen molar-refractivity contribution >= 4 is 33.4 Å². The molecule has 3 aromatic carbocycles. The quantitative estimate of drug-likeness (QED) is 0.260. The van der Waals surface area contributed by atoms with Gasteiger partial charge in [-0.25, -0.2) is 8.42 Å². The first kappa shape index (κ1) is 29.9. The van der Waals surface area contributed by atoms with E-state index < -0.39 is 34.4 Å². The average Bonchev–Trinajstić information content (AvgIpc) is 2.97. The maximum absolute atomic E-state index is 14.1. The van der Waals surface area contributed by atoms with Gasteiger partial charge in [0.25, 0.3) is 0 Å². The maximum atomic E-state index is 14.1. The monoisotopic (exact) mass is 590 g/mol. The van der Waals surface area contributed by atoms with Crippen LogP contribution < -0.4 is 5.32 Å². The number of aromatic nitrogens is 1. The van der Waals surface area contributed by atoms with Gasteiger partial charge in [-0.1, -0.05) is 84.4 Å². The highest BCUT2D eigenvalue weighted by Gasteiger charge is 2.33. The third-order valence-corrected chi connectivity index (χ3v) is 7.91. The average molecular weight is 591 g/mol. The molecule has 212 valence electrons. The molecule has 0 fully saturated rings. The summed E-state index contributed by atoms with van der Waals surface area (Å²) < 4.78 is 26.7. The number of rotatable bonds is 12. The number of halogens is 1. The van der Waals surface area contributed by atoms with Gasteiger partial charge in [0.15, 0.2) is 0 Å². The molecule has 0 aliphatic heterocycles. The fourth-order valence-electron chi connectivity index (χ4n) is 4.32. The number of carbonyl (C=O) groups is 2. The van der Waals surface area contributed by atoms with Crippen LogP contribution in [0.15, 0.2) is 109 Å². The zero-order valence-electron chi connectivity index (χ0n) is 22.6. The first-order valence-corrected chi connectivity index (χ1v) is 15.2. The molecule has 8 nitrogen and oxygen atoms in total. The van der Waals surface area contributed by atoms with E-state index in [-0.39, 0.29) is 19.6 Å². The first-order chi connectivity index (χ1) is 19.7. The van der Waals surface area contributed by atoms with Crippen LogP contribution in [0.25, 0.3) is 0 Å². The van der Waals surface area contributed by atoms with E-state index in [2.05, 4.69) is 10.3 Å². The lowest BCUT2D eigenvalue weighted by Gasteiger charge is -2.33. The summed E-state index contributed by atoms with van der Waals surface area (Å²) in [5.74, 6) is -0.918. The molecule has 0 saturated heterocycles.